The largest absolute Gasteiger partial charge is 0.416 e. The number of hydrogen-bond donors (Lipinski definition) is 2. The van der Waals surface area contributed by atoms with E-state index in [1.165, 1.54) is 6.07 Å². The van der Waals surface area contributed by atoms with Crippen LogP contribution in [0.4, 0.5) is 13.2 Å². The molecule has 0 spiro atoms. The van der Waals surface area contributed by atoms with Crippen LogP contribution in [0, 0.1) is 5.41 Å². The van der Waals surface area contributed by atoms with E-state index in [4.69, 9.17) is 0 Å². The fraction of sp³-hybridized carbons (Fsp3) is 0.444. The van der Waals surface area contributed by atoms with Crippen LogP contribution >= 0.6 is 0 Å². The van der Waals surface area contributed by atoms with Gasteiger partial charge in [-0.1, -0.05) is 39.5 Å². The molecule has 1 unspecified atom stereocenters. The molecule has 0 aromatic heterocycles. The highest BCUT2D eigenvalue weighted by Crippen LogP contribution is 2.36. The second-order valence-electron chi connectivity index (χ2n) is 6.73. The fourth-order valence-corrected chi connectivity index (χ4v) is 2.30. The van der Waals surface area contributed by atoms with E-state index in [1.54, 1.807) is 6.07 Å². The lowest BCUT2D eigenvalue weighted by Crippen LogP contribution is -2.38. The normalized spacial score (nSPS) is 13.0. The number of amides is 2. The van der Waals surface area contributed by atoms with Crippen LogP contribution in [0.25, 0.3) is 0 Å². The molecule has 1 atom stereocenters. The lowest BCUT2D eigenvalue weighted by Gasteiger charge is -2.32. The molecule has 0 radical (unpaired) electrons. The van der Waals surface area contributed by atoms with Gasteiger partial charge in [-0.25, -0.2) is 0 Å². The number of carbonyl (C=O) groups is 2. The van der Waals surface area contributed by atoms with Gasteiger partial charge in [0.2, 0.25) is 11.8 Å². The molecule has 4 nitrogen and oxygen atoms in total. The second kappa shape index (κ2) is 8.18. The molecule has 0 fully saturated rings. The van der Waals surface area contributed by atoms with E-state index >= 15 is 0 Å². The Morgan fingerprint density at radius 2 is 1.88 bits per heavy atom. The summed E-state index contributed by atoms with van der Waals surface area (Å²) in [6.45, 7) is 8.92. The number of nitrogens with one attached hydrogen (secondary N) is 2. The van der Waals surface area contributed by atoms with Crippen molar-refractivity contribution in [3.8, 4) is 0 Å². The van der Waals surface area contributed by atoms with Gasteiger partial charge in [0.15, 0.2) is 0 Å². The fourth-order valence-electron chi connectivity index (χ4n) is 2.30. The van der Waals surface area contributed by atoms with Crippen LogP contribution in [0.5, 0.6) is 0 Å². The molecule has 0 saturated heterocycles. The van der Waals surface area contributed by atoms with Crippen molar-refractivity contribution in [3.63, 3.8) is 0 Å². The summed E-state index contributed by atoms with van der Waals surface area (Å²) in [5, 5.41) is 5.24. The Morgan fingerprint density at radius 1 is 1.24 bits per heavy atom. The van der Waals surface area contributed by atoms with Crippen LogP contribution < -0.4 is 10.6 Å². The Hall–Kier alpha value is -2.31. The highest BCUT2D eigenvalue weighted by molar-refractivity contribution is 5.87. The van der Waals surface area contributed by atoms with Crippen molar-refractivity contribution in [2.75, 3.05) is 6.54 Å². The summed E-state index contributed by atoms with van der Waals surface area (Å²) in [5.41, 5.74) is -0.873. The van der Waals surface area contributed by atoms with Crippen molar-refractivity contribution in [1.82, 2.24) is 10.6 Å². The molecule has 0 bridgehead atoms. The molecule has 138 valence electrons. The standard InChI is InChI=1S/C18H23F3N2O2/c1-5-14(24)22-10-9-15(25)23-16(17(2,3)4)12-7-6-8-13(11-12)18(19,20)21/h5-8,11,16H,1,9-10H2,2-4H3,(H,22,24)(H,23,25). The quantitative estimate of drug-likeness (QED) is 0.765. The third-order valence-corrected chi connectivity index (χ3v) is 3.56. The van der Waals surface area contributed by atoms with Gasteiger partial charge in [0.25, 0.3) is 0 Å². The summed E-state index contributed by atoms with van der Waals surface area (Å²) < 4.78 is 38.8. The average Bonchev–Trinajstić information content (AvgIpc) is 2.50. The monoisotopic (exact) mass is 356 g/mol. The van der Waals surface area contributed by atoms with Gasteiger partial charge in [-0.05, 0) is 29.2 Å². The van der Waals surface area contributed by atoms with Gasteiger partial charge in [-0.2, -0.15) is 13.2 Å². The van der Waals surface area contributed by atoms with E-state index in [0.29, 0.717) is 5.56 Å². The molecule has 0 heterocycles. The van der Waals surface area contributed by atoms with Gasteiger partial charge < -0.3 is 10.6 Å². The zero-order chi connectivity index (χ0) is 19.3. The number of rotatable bonds is 6. The van der Waals surface area contributed by atoms with Gasteiger partial charge >= 0.3 is 6.18 Å². The van der Waals surface area contributed by atoms with E-state index < -0.39 is 29.1 Å². The Labute approximate surface area is 145 Å². The maximum atomic E-state index is 12.9. The smallest absolute Gasteiger partial charge is 0.352 e. The third-order valence-electron chi connectivity index (χ3n) is 3.56. The molecular weight excluding hydrogens is 333 g/mol. The molecule has 0 aliphatic heterocycles. The van der Waals surface area contributed by atoms with E-state index in [-0.39, 0.29) is 18.9 Å². The van der Waals surface area contributed by atoms with Crippen molar-refractivity contribution in [2.24, 2.45) is 5.41 Å². The first-order valence-corrected chi connectivity index (χ1v) is 7.82. The van der Waals surface area contributed by atoms with Crippen molar-refractivity contribution >= 4 is 11.8 Å². The van der Waals surface area contributed by atoms with Gasteiger partial charge in [-0.15, -0.1) is 0 Å². The van der Waals surface area contributed by atoms with Crippen molar-refractivity contribution < 1.29 is 22.8 Å². The summed E-state index contributed by atoms with van der Waals surface area (Å²) in [6.07, 6.45) is -3.33. The minimum atomic E-state index is -4.45. The molecule has 1 rings (SSSR count). The molecule has 0 saturated carbocycles. The van der Waals surface area contributed by atoms with Gasteiger partial charge in [0.1, 0.15) is 0 Å². The first-order chi connectivity index (χ1) is 11.4. The maximum absolute atomic E-state index is 12.9. The zero-order valence-corrected chi connectivity index (χ0v) is 14.5. The van der Waals surface area contributed by atoms with Crippen molar-refractivity contribution in [1.29, 1.82) is 0 Å². The predicted molar refractivity (Wildman–Crippen MR) is 89.6 cm³/mol. The number of halogens is 3. The molecule has 0 aliphatic rings. The molecule has 7 heteroatoms. The molecule has 0 aliphatic carbocycles. The maximum Gasteiger partial charge on any atom is 0.416 e. The number of alkyl halides is 3. The lowest BCUT2D eigenvalue weighted by molar-refractivity contribution is -0.137. The topological polar surface area (TPSA) is 58.2 Å². The highest BCUT2D eigenvalue weighted by atomic mass is 19.4. The SMILES string of the molecule is C=CC(=O)NCCC(=O)NC(c1cccc(C(F)(F)F)c1)C(C)(C)C. The Morgan fingerprint density at radius 3 is 2.40 bits per heavy atom. The summed E-state index contributed by atoms with van der Waals surface area (Å²) in [7, 11) is 0. The van der Waals surface area contributed by atoms with Gasteiger partial charge in [-0.3, -0.25) is 9.59 Å². The molecule has 2 N–H and O–H groups in total. The van der Waals surface area contributed by atoms with Crippen molar-refractivity contribution in [3.05, 3.63) is 48.0 Å². The number of carbonyl (C=O) groups excluding carboxylic acids is 2. The Bertz CT molecular complexity index is 634. The molecule has 2 amide bonds. The molecule has 1 aromatic rings. The summed E-state index contributed by atoms with van der Waals surface area (Å²) in [5.74, 6) is -0.750. The highest BCUT2D eigenvalue weighted by Gasteiger charge is 2.33. The number of hydrogen-bond acceptors (Lipinski definition) is 2. The summed E-state index contributed by atoms with van der Waals surface area (Å²) >= 11 is 0. The van der Waals surface area contributed by atoms with E-state index in [2.05, 4.69) is 17.2 Å². The first-order valence-electron chi connectivity index (χ1n) is 7.82. The van der Waals surface area contributed by atoms with Crippen LogP contribution in [0.1, 0.15) is 44.4 Å². The van der Waals surface area contributed by atoms with E-state index in [9.17, 15) is 22.8 Å². The molecular formula is C18H23F3N2O2. The van der Waals surface area contributed by atoms with Crippen LogP contribution in [0.15, 0.2) is 36.9 Å². The van der Waals surface area contributed by atoms with Crippen LogP contribution in [0.2, 0.25) is 0 Å². The molecule has 1 aromatic carbocycles. The predicted octanol–water partition coefficient (Wildman–Crippen LogP) is 3.60. The van der Waals surface area contributed by atoms with E-state index in [0.717, 1.165) is 18.2 Å². The summed E-state index contributed by atoms with van der Waals surface area (Å²) in [6, 6.07) is 4.33. The van der Waals surface area contributed by atoms with Crippen LogP contribution in [-0.2, 0) is 15.8 Å². The lowest BCUT2D eigenvalue weighted by atomic mass is 9.82. The first kappa shape index (κ1) is 20.7. The van der Waals surface area contributed by atoms with Crippen LogP contribution in [-0.4, -0.2) is 18.4 Å². The number of benzene rings is 1. The van der Waals surface area contributed by atoms with E-state index in [1.807, 2.05) is 20.8 Å². The second-order valence-corrected chi connectivity index (χ2v) is 6.73. The summed E-state index contributed by atoms with van der Waals surface area (Å²) in [4.78, 5) is 23.2. The Balaban J connectivity index is 2.91. The zero-order valence-electron chi connectivity index (χ0n) is 14.5. The average molecular weight is 356 g/mol. The third kappa shape index (κ3) is 6.60. The van der Waals surface area contributed by atoms with Crippen molar-refractivity contribution in [2.45, 2.75) is 39.4 Å². The Kier molecular flexibility index (Phi) is 6.78. The van der Waals surface area contributed by atoms with Gasteiger partial charge in [0, 0.05) is 13.0 Å². The molecule has 25 heavy (non-hydrogen) atoms. The van der Waals surface area contributed by atoms with Crippen LogP contribution in [0.3, 0.4) is 0 Å². The minimum Gasteiger partial charge on any atom is -0.352 e. The minimum absolute atomic E-state index is 0.0190. The van der Waals surface area contributed by atoms with Gasteiger partial charge in [0.05, 0.1) is 11.6 Å².